The third kappa shape index (κ3) is 2.90. The van der Waals surface area contributed by atoms with Crippen molar-refractivity contribution >= 4 is 32.5 Å². The van der Waals surface area contributed by atoms with E-state index in [4.69, 9.17) is 0 Å². The van der Waals surface area contributed by atoms with Gasteiger partial charge in [0.05, 0.1) is 29.6 Å². The molecule has 2 aromatic heterocycles. The first-order valence-electron chi connectivity index (χ1n) is 6.00. The SMILES string of the molecule is Brc1ccc(CNc2cnc3ccccc3c2)nc1. The summed E-state index contributed by atoms with van der Waals surface area (Å²) in [6.45, 7) is 0.688. The van der Waals surface area contributed by atoms with Crippen molar-refractivity contribution in [3.63, 3.8) is 0 Å². The minimum absolute atomic E-state index is 0.688. The number of anilines is 1. The van der Waals surface area contributed by atoms with Crippen LogP contribution in [-0.4, -0.2) is 9.97 Å². The fourth-order valence-electron chi connectivity index (χ4n) is 1.87. The molecule has 0 aliphatic heterocycles. The van der Waals surface area contributed by atoms with Gasteiger partial charge in [0.1, 0.15) is 0 Å². The Morgan fingerprint density at radius 1 is 1.00 bits per heavy atom. The smallest absolute Gasteiger partial charge is 0.0703 e. The molecule has 3 rings (SSSR count). The molecule has 0 spiro atoms. The van der Waals surface area contributed by atoms with Gasteiger partial charge < -0.3 is 5.32 Å². The first-order valence-corrected chi connectivity index (χ1v) is 6.80. The lowest BCUT2D eigenvalue weighted by molar-refractivity contribution is 1.04. The summed E-state index contributed by atoms with van der Waals surface area (Å²) in [5.41, 5.74) is 3.01. The van der Waals surface area contributed by atoms with E-state index in [0.29, 0.717) is 6.54 Å². The zero-order valence-corrected chi connectivity index (χ0v) is 11.8. The fraction of sp³-hybridized carbons (Fsp3) is 0.0667. The maximum atomic E-state index is 4.42. The van der Waals surface area contributed by atoms with E-state index in [1.54, 1.807) is 6.20 Å². The topological polar surface area (TPSA) is 37.8 Å². The molecule has 0 unspecified atom stereocenters. The Kier molecular flexibility index (Phi) is 3.42. The van der Waals surface area contributed by atoms with Gasteiger partial charge >= 0.3 is 0 Å². The molecule has 3 aromatic rings. The van der Waals surface area contributed by atoms with Gasteiger partial charge in [-0.25, -0.2) is 0 Å². The van der Waals surface area contributed by atoms with Crippen LogP contribution in [0.15, 0.2) is 59.3 Å². The molecule has 0 radical (unpaired) electrons. The zero-order chi connectivity index (χ0) is 13.1. The van der Waals surface area contributed by atoms with E-state index in [0.717, 1.165) is 26.8 Å². The largest absolute Gasteiger partial charge is 0.378 e. The van der Waals surface area contributed by atoms with Crippen molar-refractivity contribution in [3.05, 3.63) is 65.0 Å². The maximum absolute atomic E-state index is 4.42. The molecule has 94 valence electrons. The Hall–Kier alpha value is -1.94. The second-order valence-corrected chi connectivity index (χ2v) is 5.15. The van der Waals surface area contributed by atoms with Crippen molar-refractivity contribution in [2.24, 2.45) is 0 Å². The van der Waals surface area contributed by atoms with E-state index >= 15 is 0 Å². The number of para-hydroxylation sites is 1. The summed E-state index contributed by atoms with van der Waals surface area (Å²) in [7, 11) is 0. The molecule has 0 saturated heterocycles. The number of benzene rings is 1. The van der Waals surface area contributed by atoms with Gasteiger partial charge in [0, 0.05) is 16.1 Å². The van der Waals surface area contributed by atoms with E-state index in [1.165, 1.54) is 0 Å². The van der Waals surface area contributed by atoms with Crippen LogP contribution in [0.2, 0.25) is 0 Å². The van der Waals surface area contributed by atoms with Crippen LogP contribution in [0.1, 0.15) is 5.69 Å². The third-order valence-corrected chi connectivity index (χ3v) is 3.32. The van der Waals surface area contributed by atoms with E-state index in [2.05, 4.69) is 43.3 Å². The molecule has 1 aromatic carbocycles. The average molecular weight is 314 g/mol. The lowest BCUT2D eigenvalue weighted by Gasteiger charge is -2.06. The summed E-state index contributed by atoms with van der Waals surface area (Å²) in [6, 6.07) is 14.2. The highest BCUT2D eigenvalue weighted by molar-refractivity contribution is 9.10. The van der Waals surface area contributed by atoms with Crippen LogP contribution >= 0.6 is 15.9 Å². The number of hydrogen-bond acceptors (Lipinski definition) is 3. The van der Waals surface area contributed by atoms with E-state index in [-0.39, 0.29) is 0 Å². The number of nitrogens with one attached hydrogen (secondary N) is 1. The molecule has 0 aliphatic carbocycles. The second-order valence-electron chi connectivity index (χ2n) is 4.24. The molecule has 0 aliphatic rings. The normalized spacial score (nSPS) is 10.6. The van der Waals surface area contributed by atoms with Crippen LogP contribution in [0, 0.1) is 0 Å². The van der Waals surface area contributed by atoms with Gasteiger partial charge in [-0.05, 0) is 40.2 Å². The summed E-state index contributed by atoms with van der Waals surface area (Å²) < 4.78 is 0.989. The molecule has 3 nitrogen and oxygen atoms in total. The number of rotatable bonds is 3. The average Bonchev–Trinajstić information content (AvgIpc) is 2.46. The minimum Gasteiger partial charge on any atom is -0.378 e. The van der Waals surface area contributed by atoms with E-state index < -0.39 is 0 Å². The van der Waals surface area contributed by atoms with Crippen molar-refractivity contribution in [2.45, 2.75) is 6.54 Å². The number of halogens is 1. The van der Waals surface area contributed by atoms with Crippen LogP contribution in [0.4, 0.5) is 5.69 Å². The first-order chi connectivity index (χ1) is 9.31. The number of aromatic nitrogens is 2. The van der Waals surface area contributed by atoms with Crippen molar-refractivity contribution < 1.29 is 0 Å². The van der Waals surface area contributed by atoms with Crippen molar-refractivity contribution in [3.8, 4) is 0 Å². The van der Waals surface area contributed by atoms with Crippen molar-refractivity contribution in [1.82, 2.24) is 9.97 Å². The summed E-state index contributed by atoms with van der Waals surface area (Å²) >= 11 is 3.38. The summed E-state index contributed by atoms with van der Waals surface area (Å²) in [5, 5.41) is 4.47. The van der Waals surface area contributed by atoms with Crippen molar-refractivity contribution in [1.29, 1.82) is 0 Å². The highest BCUT2D eigenvalue weighted by Gasteiger charge is 1.98. The Morgan fingerprint density at radius 3 is 2.74 bits per heavy atom. The van der Waals surface area contributed by atoms with Gasteiger partial charge in [-0.15, -0.1) is 0 Å². The summed E-state index contributed by atoms with van der Waals surface area (Å²) in [4.78, 5) is 8.74. The third-order valence-electron chi connectivity index (χ3n) is 2.85. The molecule has 0 amide bonds. The Morgan fingerprint density at radius 2 is 1.89 bits per heavy atom. The van der Waals surface area contributed by atoms with E-state index in [1.807, 2.05) is 36.5 Å². The lowest BCUT2D eigenvalue weighted by atomic mass is 10.2. The second kappa shape index (κ2) is 5.36. The highest BCUT2D eigenvalue weighted by Crippen LogP contribution is 2.16. The van der Waals surface area contributed by atoms with Crippen LogP contribution in [0.5, 0.6) is 0 Å². The molecule has 19 heavy (non-hydrogen) atoms. The predicted molar refractivity (Wildman–Crippen MR) is 81.0 cm³/mol. The van der Waals surface area contributed by atoms with Gasteiger partial charge in [0.2, 0.25) is 0 Å². The molecule has 0 saturated carbocycles. The molecular weight excluding hydrogens is 302 g/mol. The zero-order valence-electron chi connectivity index (χ0n) is 10.2. The van der Waals surface area contributed by atoms with Crippen LogP contribution in [0.3, 0.4) is 0 Å². The maximum Gasteiger partial charge on any atom is 0.0703 e. The predicted octanol–water partition coefficient (Wildman–Crippen LogP) is 4.00. The summed E-state index contributed by atoms with van der Waals surface area (Å²) in [5.74, 6) is 0. The number of nitrogens with zero attached hydrogens (tertiary/aromatic N) is 2. The monoisotopic (exact) mass is 313 g/mol. The molecule has 2 heterocycles. The quantitative estimate of drug-likeness (QED) is 0.794. The molecule has 0 fully saturated rings. The van der Waals surface area contributed by atoms with E-state index in [9.17, 15) is 0 Å². The highest BCUT2D eigenvalue weighted by atomic mass is 79.9. The fourth-order valence-corrected chi connectivity index (χ4v) is 2.11. The molecule has 4 heteroatoms. The minimum atomic E-state index is 0.688. The van der Waals surface area contributed by atoms with Crippen LogP contribution in [-0.2, 0) is 6.54 Å². The summed E-state index contributed by atoms with van der Waals surface area (Å²) in [6.07, 6.45) is 3.65. The van der Waals surface area contributed by atoms with Gasteiger partial charge in [-0.3, -0.25) is 9.97 Å². The Bertz CT molecular complexity index is 695. The number of fused-ring (bicyclic) bond motifs is 1. The van der Waals surface area contributed by atoms with Gasteiger partial charge in [-0.1, -0.05) is 18.2 Å². The van der Waals surface area contributed by atoms with Crippen molar-refractivity contribution in [2.75, 3.05) is 5.32 Å². The van der Waals surface area contributed by atoms with Crippen LogP contribution in [0.25, 0.3) is 10.9 Å². The first kappa shape index (κ1) is 12.1. The molecule has 0 atom stereocenters. The lowest BCUT2D eigenvalue weighted by Crippen LogP contribution is -2.01. The Balaban J connectivity index is 1.76. The molecule has 0 bridgehead atoms. The number of pyridine rings is 2. The molecule has 1 N–H and O–H groups in total. The number of hydrogen-bond donors (Lipinski definition) is 1. The van der Waals surface area contributed by atoms with Gasteiger partial charge in [-0.2, -0.15) is 0 Å². The van der Waals surface area contributed by atoms with Gasteiger partial charge in [0.15, 0.2) is 0 Å². The van der Waals surface area contributed by atoms with Gasteiger partial charge in [0.25, 0.3) is 0 Å². The standard InChI is InChI=1S/C15H12BrN3/c16-12-5-6-13(17-8-12)9-18-14-7-11-3-1-2-4-15(11)19-10-14/h1-8,10,18H,9H2. The molecular formula is C15H12BrN3. The van der Waals surface area contributed by atoms with Crippen LogP contribution < -0.4 is 5.32 Å². The Labute approximate surface area is 119 Å².